The van der Waals surface area contributed by atoms with Crippen LogP contribution in [-0.2, 0) is 9.47 Å². The van der Waals surface area contributed by atoms with Crippen LogP contribution >= 0.6 is 22.7 Å². The Balaban J connectivity index is 0.000000150. The Kier molecular flexibility index (Phi) is 11.7. The van der Waals surface area contributed by atoms with Crippen molar-refractivity contribution in [3.63, 3.8) is 0 Å². The van der Waals surface area contributed by atoms with Crippen LogP contribution in [0, 0.1) is 0 Å². The van der Waals surface area contributed by atoms with E-state index in [-0.39, 0.29) is 11.8 Å². The van der Waals surface area contributed by atoms with Crippen LogP contribution in [0.1, 0.15) is 48.9 Å². The third-order valence-corrected chi connectivity index (χ3v) is 11.6. The van der Waals surface area contributed by atoms with Gasteiger partial charge in [0.05, 0.1) is 33.6 Å². The summed E-state index contributed by atoms with van der Waals surface area (Å²) >= 11 is 3.27. The van der Waals surface area contributed by atoms with Gasteiger partial charge >= 0.3 is 0 Å². The SMILES string of the molecule is c1ccc2sc(Nc3ccc(Oc4nccnc4[C@@H]4CCCOC4)cc3)nc2c1.c1ccc2sc(Nc3ccc(Oc4nccnc4[C@H]4CCCOC4)cc3)nc2c1. The molecule has 0 radical (unpaired) electrons. The minimum absolute atomic E-state index is 0.229. The number of fused-ring (bicyclic) bond motifs is 2. The molecule has 2 atom stereocenters. The largest absolute Gasteiger partial charge is 0.437 e. The average Bonchev–Trinajstić information content (AvgIpc) is 3.89. The standard InChI is InChI=1S/2C22H20N4O2S/c2*1-2-6-19-18(5-1)26-22(29-19)25-16-7-9-17(10-8-16)28-21-20(23-11-12-24-21)15-4-3-13-27-14-15/h2*1-2,5-12,15H,3-4,13-14H2,(H,25,26)/t2*15-/m10/s1. The second-order valence-electron chi connectivity index (χ2n) is 13.8. The van der Waals surface area contributed by atoms with Crippen LogP contribution in [0.15, 0.2) is 122 Å². The first kappa shape index (κ1) is 37.5. The molecule has 12 nitrogen and oxygen atoms in total. The minimum atomic E-state index is 0.229. The maximum absolute atomic E-state index is 6.05. The van der Waals surface area contributed by atoms with Crippen molar-refractivity contribution in [3.8, 4) is 23.3 Å². The van der Waals surface area contributed by atoms with E-state index in [1.54, 1.807) is 47.5 Å². The molecular weight excluding hydrogens is 769 g/mol. The maximum Gasteiger partial charge on any atom is 0.241 e. The van der Waals surface area contributed by atoms with Gasteiger partial charge in [0.1, 0.15) is 22.9 Å². The molecule has 2 N–H and O–H groups in total. The van der Waals surface area contributed by atoms with Crippen LogP contribution in [0.3, 0.4) is 0 Å². The lowest BCUT2D eigenvalue weighted by molar-refractivity contribution is 0.0784. The van der Waals surface area contributed by atoms with E-state index in [1.807, 2.05) is 84.9 Å². The number of benzene rings is 4. The van der Waals surface area contributed by atoms with Crippen molar-refractivity contribution in [3.05, 3.63) is 133 Å². The summed E-state index contributed by atoms with van der Waals surface area (Å²) in [6.07, 6.45) is 10.9. The summed E-state index contributed by atoms with van der Waals surface area (Å²) < 4.78 is 25.6. The highest BCUT2D eigenvalue weighted by Gasteiger charge is 2.24. The fraction of sp³-hybridized carbons (Fsp3) is 0.227. The van der Waals surface area contributed by atoms with Crippen LogP contribution in [0.4, 0.5) is 21.6 Å². The van der Waals surface area contributed by atoms with E-state index in [2.05, 4.69) is 52.7 Å². The number of thiazole rings is 2. The molecule has 0 saturated carbocycles. The topological polar surface area (TPSA) is 138 Å². The van der Waals surface area contributed by atoms with Gasteiger partial charge in [-0.15, -0.1) is 0 Å². The number of hydrogen-bond donors (Lipinski definition) is 2. The molecule has 2 saturated heterocycles. The van der Waals surface area contributed by atoms with E-state index < -0.39 is 0 Å². The monoisotopic (exact) mass is 808 g/mol. The molecule has 2 aliphatic rings. The van der Waals surface area contributed by atoms with Crippen molar-refractivity contribution in [2.24, 2.45) is 0 Å². The molecule has 4 aromatic heterocycles. The number of aromatic nitrogens is 6. The van der Waals surface area contributed by atoms with Crippen molar-refractivity contribution in [2.75, 3.05) is 37.1 Å². The molecule has 6 heterocycles. The van der Waals surface area contributed by atoms with E-state index >= 15 is 0 Å². The molecule has 0 aliphatic carbocycles. The van der Waals surface area contributed by atoms with Crippen molar-refractivity contribution in [2.45, 2.75) is 37.5 Å². The molecule has 2 fully saturated rings. The lowest BCUT2D eigenvalue weighted by atomic mass is 9.98. The quantitative estimate of drug-likeness (QED) is 0.136. The number of hydrogen-bond acceptors (Lipinski definition) is 14. The maximum atomic E-state index is 6.05. The first-order chi connectivity index (χ1) is 28.7. The van der Waals surface area contributed by atoms with Gasteiger partial charge in [-0.2, -0.15) is 0 Å². The lowest BCUT2D eigenvalue weighted by Gasteiger charge is -2.22. The number of para-hydroxylation sites is 2. The number of anilines is 4. The molecule has 0 unspecified atom stereocenters. The van der Waals surface area contributed by atoms with Gasteiger partial charge in [-0.3, -0.25) is 9.97 Å². The molecule has 0 bridgehead atoms. The number of rotatable bonds is 10. The minimum Gasteiger partial charge on any atom is -0.437 e. The Morgan fingerprint density at radius 1 is 0.517 bits per heavy atom. The first-order valence-electron chi connectivity index (χ1n) is 19.3. The Morgan fingerprint density at radius 3 is 1.36 bits per heavy atom. The summed E-state index contributed by atoms with van der Waals surface area (Å²) in [5.41, 5.74) is 5.64. The smallest absolute Gasteiger partial charge is 0.241 e. The van der Waals surface area contributed by atoms with E-state index in [4.69, 9.17) is 18.9 Å². The van der Waals surface area contributed by atoms with Gasteiger partial charge in [0.15, 0.2) is 10.3 Å². The van der Waals surface area contributed by atoms with E-state index in [1.165, 1.54) is 0 Å². The molecule has 58 heavy (non-hydrogen) atoms. The van der Waals surface area contributed by atoms with E-state index in [0.29, 0.717) is 25.0 Å². The molecule has 2 aliphatic heterocycles. The molecule has 0 spiro atoms. The van der Waals surface area contributed by atoms with Crippen LogP contribution in [-0.4, -0.2) is 56.3 Å². The third kappa shape index (κ3) is 9.21. The fourth-order valence-corrected chi connectivity index (χ4v) is 8.61. The van der Waals surface area contributed by atoms with Gasteiger partial charge < -0.3 is 29.6 Å². The molecule has 10 rings (SSSR count). The molecule has 8 aromatic rings. The summed E-state index contributed by atoms with van der Waals surface area (Å²) in [7, 11) is 0. The first-order valence-corrected chi connectivity index (χ1v) is 20.9. The molecule has 4 aromatic carbocycles. The van der Waals surface area contributed by atoms with Gasteiger partial charge in [0, 0.05) is 61.2 Å². The van der Waals surface area contributed by atoms with Gasteiger partial charge in [-0.1, -0.05) is 46.9 Å². The predicted molar refractivity (Wildman–Crippen MR) is 228 cm³/mol. The third-order valence-electron chi connectivity index (χ3n) is 9.70. The zero-order valence-electron chi connectivity index (χ0n) is 31.5. The molecule has 0 amide bonds. The van der Waals surface area contributed by atoms with Crippen molar-refractivity contribution < 1.29 is 18.9 Å². The Bertz CT molecular complexity index is 2330. The number of nitrogens with zero attached hydrogens (tertiary/aromatic N) is 6. The molecule has 292 valence electrons. The molecule has 14 heteroatoms. The van der Waals surface area contributed by atoms with E-state index in [0.717, 1.165) is 104 Å². The fourth-order valence-electron chi connectivity index (χ4n) is 6.84. The van der Waals surface area contributed by atoms with Crippen LogP contribution in [0.2, 0.25) is 0 Å². The van der Waals surface area contributed by atoms with Gasteiger partial charge in [0.2, 0.25) is 11.8 Å². The Hall–Kier alpha value is -6.06. The predicted octanol–water partition coefficient (Wildman–Crippen LogP) is 11.0. The van der Waals surface area contributed by atoms with Gasteiger partial charge in [-0.25, -0.2) is 19.9 Å². The van der Waals surface area contributed by atoms with Gasteiger partial charge in [0.25, 0.3) is 0 Å². The van der Waals surface area contributed by atoms with Crippen molar-refractivity contribution in [1.82, 2.24) is 29.9 Å². The Labute approximate surface area is 343 Å². The van der Waals surface area contributed by atoms with Crippen LogP contribution in [0.5, 0.6) is 23.3 Å². The van der Waals surface area contributed by atoms with Crippen molar-refractivity contribution >= 4 is 64.7 Å². The zero-order valence-corrected chi connectivity index (χ0v) is 33.1. The highest BCUT2D eigenvalue weighted by Crippen LogP contribution is 2.35. The summed E-state index contributed by atoms with van der Waals surface area (Å²) in [5.74, 6) is 3.00. The highest BCUT2D eigenvalue weighted by atomic mass is 32.1. The van der Waals surface area contributed by atoms with Crippen molar-refractivity contribution in [1.29, 1.82) is 0 Å². The summed E-state index contributed by atoms with van der Waals surface area (Å²) in [5, 5.41) is 8.45. The van der Waals surface area contributed by atoms with E-state index in [9.17, 15) is 0 Å². The van der Waals surface area contributed by atoms with Crippen LogP contribution < -0.4 is 20.1 Å². The van der Waals surface area contributed by atoms with Gasteiger partial charge in [-0.05, 0) is 98.5 Å². The number of ether oxygens (including phenoxy) is 4. The highest BCUT2D eigenvalue weighted by molar-refractivity contribution is 7.22. The number of nitrogens with one attached hydrogen (secondary N) is 2. The summed E-state index contributed by atoms with van der Waals surface area (Å²) in [4.78, 5) is 27.0. The average molecular weight is 809 g/mol. The van der Waals surface area contributed by atoms with Crippen LogP contribution in [0.25, 0.3) is 20.4 Å². The zero-order chi connectivity index (χ0) is 38.9. The molecular formula is C44H40N8O4S2. The lowest BCUT2D eigenvalue weighted by Crippen LogP contribution is -2.17. The summed E-state index contributed by atoms with van der Waals surface area (Å²) in [6, 6.07) is 31.8. The second kappa shape index (κ2) is 18.0. The Morgan fingerprint density at radius 2 is 0.948 bits per heavy atom. The normalized spacial score (nSPS) is 16.6. The summed E-state index contributed by atoms with van der Waals surface area (Å²) in [6.45, 7) is 2.96. The second-order valence-corrected chi connectivity index (χ2v) is 15.9.